The molecular formula is C25H27Cl2N3O. The van der Waals surface area contributed by atoms with Gasteiger partial charge in [0.05, 0.1) is 10.6 Å². The van der Waals surface area contributed by atoms with Crippen LogP contribution < -0.4 is 0 Å². The van der Waals surface area contributed by atoms with Gasteiger partial charge in [-0.05, 0) is 60.4 Å². The average Bonchev–Trinajstić information content (AvgIpc) is 3.27. The summed E-state index contributed by atoms with van der Waals surface area (Å²) in [6, 6.07) is 11.4. The Bertz CT molecular complexity index is 981. The van der Waals surface area contributed by atoms with Crippen LogP contribution in [-0.4, -0.2) is 28.9 Å². The van der Waals surface area contributed by atoms with Gasteiger partial charge in [-0.25, -0.2) is 4.98 Å². The van der Waals surface area contributed by atoms with Crippen LogP contribution in [0.2, 0.25) is 10.2 Å². The van der Waals surface area contributed by atoms with Crippen LogP contribution in [0, 0.1) is 23.2 Å². The molecule has 4 rings (SSSR count). The lowest BCUT2D eigenvalue weighted by Gasteiger charge is -2.31. The number of hydrogen-bond acceptors (Lipinski definition) is 3. The smallest absolute Gasteiger partial charge is 0.254 e. The van der Waals surface area contributed by atoms with Crippen molar-refractivity contribution in [1.29, 1.82) is 5.26 Å². The highest BCUT2D eigenvalue weighted by Crippen LogP contribution is 2.41. The molecule has 0 radical (unpaired) electrons. The summed E-state index contributed by atoms with van der Waals surface area (Å²) in [4.78, 5) is 18.9. The van der Waals surface area contributed by atoms with Gasteiger partial charge in [0.15, 0.2) is 0 Å². The maximum absolute atomic E-state index is 13.0. The highest BCUT2D eigenvalue weighted by Gasteiger charge is 2.35. The average molecular weight is 456 g/mol. The number of carbonyl (C=O) groups excluding carboxylic acids is 1. The van der Waals surface area contributed by atoms with E-state index in [1.807, 2.05) is 17.0 Å². The maximum atomic E-state index is 13.0. The second kappa shape index (κ2) is 10.0. The van der Waals surface area contributed by atoms with Crippen molar-refractivity contribution in [2.45, 2.75) is 50.9 Å². The Morgan fingerprint density at radius 2 is 1.97 bits per heavy atom. The highest BCUT2D eigenvalue weighted by atomic mass is 35.5. The van der Waals surface area contributed by atoms with E-state index in [4.69, 9.17) is 23.2 Å². The molecule has 1 amide bonds. The Kier molecular flexibility index (Phi) is 7.15. The summed E-state index contributed by atoms with van der Waals surface area (Å²) in [5, 5.41) is 10.1. The molecule has 31 heavy (non-hydrogen) atoms. The number of halogens is 2. The van der Waals surface area contributed by atoms with Crippen molar-refractivity contribution in [2.24, 2.45) is 11.8 Å². The number of carbonyl (C=O) groups is 1. The third-order valence-electron chi connectivity index (χ3n) is 6.91. The van der Waals surface area contributed by atoms with Crippen LogP contribution in [0.4, 0.5) is 0 Å². The van der Waals surface area contributed by atoms with Crippen LogP contribution in [0.5, 0.6) is 0 Å². The highest BCUT2D eigenvalue weighted by molar-refractivity contribution is 6.31. The lowest BCUT2D eigenvalue weighted by atomic mass is 9.75. The zero-order valence-corrected chi connectivity index (χ0v) is 19.1. The van der Waals surface area contributed by atoms with E-state index in [-0.39, 0.29) is 5.91 Å². The molecule has 0 bridgehead atoms. The van der Waals surface area contributed by atoms with Crippen LogP contribution in [0.3, 0.4) is 0 Å². The zero-order valence-electron chi connectivity index (χ0n) is 17.6. The Morgan fingerprint density at radius 3 is 2.68 bits per heavy atom. The summed E-state index contributed by atoms with van der Waals surface area (Å²) < 4.78 is 0. The molecule has 1 aliphatic carbocycles. The zero-order chi connectivity index (χ0) is 21.8. The predicted octanol–water partition coefficient (Wildman–Crippen LogP) is 6.48. The molecule has 1 aromatic carbocycles. The number of pyridine rings is 1. The molecule has 0 N–H and O–H groups in total. The Balaban J connectivity index is 1.54. The standard InChI is InChI=1S/C25H27Cl2N3O/c26-23-13-18(6-7-20(23)15-28)22(12-17-4-2-1-3-5-17)21-9-11-30(16-21)25(31)19-8-10-29-24(27)14-19/h6-8,10,13-14,17,21-22H,1-5,9,11-12,16H2/t21?,22-/m1/s1. The van der Waals surface area contributed by atoms with Crippen molar-refractivity contribution in [2.75, 3.05) is 13.1 Å². The summed E-state index contributed by atoms with van der Waals surface area (Å²) >= 11 is 12.4. The number of nitrogens with zero attached hydrogens (tertiary/aromatic N) is 3. The van der Waals surface area contributed by atoms with E-state index >= 15 is 0 Å². The number of hydrogen-bond donors (Lipinski definition) is 0. The molecule has 1 aliphatic heterocycles. The van der Waals surface area contributed by atoms with Gasteiger partial charge >= 0.3 is 0 Å². The third-order valence-corrected chi connectivity index (χ3v) is 7.43. The molecule has 2 fully saturated rings. The lowest BCUT2D eigenvalue weighted by molar-refractivity contribution is 0.0784. The van der Waals surface area contributed by atoms with Gasteiger partial charge < -0.3 is 4.90 Å². The lowest BCUT2D eigenvalue weighted by Crippen LogP contribution is -2.30. The van der Waals surface area contributed by atoms with E-state index in [0.29, 0.717) is 33.1 Å². The molecule has 2 atom stereocenters. The molecule has 1 saturated carbocycles. The van der Waals surface area contributed by atoms with Crippen molar-refractivity contribution < 1.29 is 4.79 Å². The Labute approximate surface area is 194 Å². The van der Waals surface area contributed by atoms with Crippen molar-refractivity contribution in [3.05, 3.63) is 63.4 Å². The van der Waals surface area contributed by atoms with Crippen LogP contribution in [0.25, 0.3) is 0 Å². The SMILES string of the molecule is N#Cc1ccc([C@@H](CC2CCCCC2)C2CCN(C(=O)c3ccnc(Cl)c3)C2)cc1Cl. The number of rotatable bonds is 5. The van der Waals surface area contributed by atoms with Gasteiger partial charge in [0.2, 0.25) is 0 Å². The van der Waals surface area contributed by atoms with Gasteiger partial charge in [-0.1, -0.05) is 61.4 Å². The first-order chi connectivity index (χ1) is 15.0. The summed E-state index contributed by atoms with van der Waals surface area (Å²) in [5.41, 5.74) is 2.30. The Hall–Kier alpha value is -2.09. The summed E-state index contributed by atoms with van der Waals surface area (Å²) in [5.74, 6) is 1.46. The minimum atomic E-state index is 0.0149. The fourth-order valence-corrected chi connectivity index (χ4v) is 5.66. The molecule has 0 spiro atoms. The van der Waals surface area contributed by atoms with Gasteiger partial charge in [-0.15, -0.1) is 0 Å². The minimum Gasteiger partial charge on any atom is -0.338 e. The predicted molar refractivity (Wildman–Crippen MR) is 123 cm³/mol. The monoisotopic (exact) mass is 455 g/mol. The fraction of sp³-hybridized carbons (Fsp3) is 0.480. The maximum Gasteiger partial charge on any atom is 0.254 e. The van der Waals surface area contributed by atoms with E-state index in [1.165, 1.54) is 37.7 Å². The molecule has 2 aliphatic rings. The number of amides is 1. The van der Waals surface area contributed by atoms with Gasteiger partial charge in [0, 0.05) is 24.8 Å². The van der Waals surface area contributed by atoms with Crippen molar-refractivity contribution in [3.63, 3.8) is 0 Å². The fourth-order valence-electron chi connectivity index (χ4n) is 5.25. The van der Waals surface area contributed by atoms with E-state index in [0.717, 1.165) is 31.8 Å². The molecule has 4 nitrogen and oxygen atoms in total. The van der Waals surface area contributed by atoms with Gasteiger partial charge in [-0.3, -0.25) is 4.79 Å². The van der Waals surface area contributed by atoms with E-state index in [1.54, 1.807) is 18.3 Å². The topological polar surface area (TPSA) is 57.0 Å². The van der Waals surface area contributed by atoms with Crippen molar-refractivity contribution >= 4 is 29.1 Å². The minimum absolute atomic E-state index is 0.0149. The molecule has 2 heterocycles. The Morgan fingerprint density at radius 1 is 1.16 bits per heavy atom. The number of nitriles is 1. The first kappa shape index (κ1) is 22.1. The second-order valence-corrected chi connectivity index (χ2v) is 9.66. The van der Waals surface area contributed by atoms with Crippen LogP contribution >= 0.6 is 23.2 Å². The second-order valence-electron chi connectivity index (χ2n) is 8.86. The summed E-state index contributed by atoms with van der Waals surface area (Å²) in [7, 11) is 0. The molecule has 1 saturated heterocycles. The third kappa shape index (κ3) is 5.22. The van der Waals surface area contributed by atoms with E-state index in [9.17, 15) is 10.1 Å². The molecule has 1 unspecified atom stereocenters. The molecule has 162 valence electrons. The quantitative estimate of drug-likeness (QED) is 0.484. The van der Waals surface area contributed by atoms with E-state index in [2.05, 4.69) is 17.1 Å². The molecule has 6 heteroatoms. The number of benzene rings is 1. The number of aromatic nitrogens is 1. The summed E-state index contributed by atoms with van der Waals surface area (Å²) in [6.07, 6.45) is 10.2. The van der Waals surface area contributed by atoms with Crippen molar-refractivity contribution in [1.82, 2.24) is 9.88 Å². The molecular weight excluding hydrogens is 429 g/mol. The largest absolute Gasteiger partial charge is 0.338 e. The molecule has 2 aromatic rings. The van der Waals surface area contributed by atoms with Gasteiger partial charge in [0.25, 0.3) is 5.91 Å². The van der Waals surface area contributed by atoms with Crippen LogP contribution in [0.1, 0.15) is 72.3 Å². The first-order valence-electron chi connectivity index (χ1n) is 11.2. The normalized spacial score (nSPS) is 20.4. The summed E-state index contributed by atoms with van der Waals surface area (Å²) in [6.45, 7) is 1.47. The van der Waals surface area contributed by atoms with Gasteiger partial charge in [-0.2, -0.15) is 5.26 Å². The van der Waals surface area contributed by atoms with Crippen LogP contribution in [0.15, 0.2) is 36.5 Å². The van der Waals surface area contributed by atoms with Gasteiger partial charge in [0.1, 0.15) is 11.2 Å². The number of likely N-dealkylation sites (tertiary alicyclic amines) is 1. The van der Waals surface area contributed by atoms with Crippen molar-refractivity contribution in [3.8, 4) is 6.07 Å². The van der Waals surface area contributed by atoms with E-state index < -0.39 is 0 Å². The van der Waals surface area contributed by atoms with Crippen LogP contribution in [-0.2, 0) is 0 Å². The molecule has 1 aromatic heterocycles. The first-order valence-corrected chi connectivity index (χ1v) is 11.9.